The van der Waals surface area contributed by atoms with Crippen molar-refractivity contribution in [2.45, 2.75) is 32.2 Å². The molecule has 0 aliphatic carbocycles. The first kappa shape index (κ1) is 21.8. The topological polar surface area (TPSA) is 66.8 Å². The maximum Gasteiger partial charge on any atom is 0.295 e. The summed E-state index contributed by atoms with van der Waals surface area (Å²) in [7, 11) is 1.47. The van der Waals surface area contributed by atoms with Crippen LogP contribution in [-0.4, -0.2) is 35.4 Å². The Hall–Kier alpha value is -2.86. The van der Waals surface area contributed by atoms with Crippen LogP contribution in [0.25, 0.3) is 5.76 Å². The van der Waals surface area contributed by atoms with E-state index >= 15 is 0 Å². The third-order valence-corrected chi connectivity index (χ3v) is 5.45. The predicted octanol–water partition coefficient (Wildman–Crippen LogP) is 5.10. The Bertz CT molecular complexity index is 987. The Balaban J connectivity index is 2.12. The molecule has 1 saturated heterocycles. The van der Waals surface area contributed by atoms with Crippen molar-refractivity contribution in [1.82, 2.24) is 4.90 Å². The second-order valence-electron chi connectivity index (χ2n) is 7.10. The molecule has 0 bridgehead atoms. The van der Waals surface area contributed by atoms with E-state index in [0.717, 1.165) is 19.3 Å². The zero-order chi connectivity index (χ0) is 21.8. The minimum atomic E-state index is -0.802. The Morgan fingerprint density at radius 2 is 1.87 bits per heavy atom. The highest BCUT2D eigenvalue weighted by Gasteiger charge is 2.45. The van der Waals surface area contributed by atoms with Crippen molar-refractivity contribution < 1.29 is 23.8 Å². The van der Waals surface area contributed by atoms with Gasteiger partial charge in [0.15, 0.2) is 0 Å². The van der Waals surface area contributed by atoms with Crippen LogP contribution in [0.1, 0.15) is 43.4 Å². The summed E-state index contributed by atoms with van der Waals surface area (Å²) in [5.74, 6) is -1.79. The number of amides is 1. The molecule has 1 aliphatic rings. The fraction of sp³-hybridized carbons (Fsp3) is 0.304. The Kier molecular flexibility index (Phi) is 6.77. The molecule has 0 saturated carbocycles. The molecule has 1 heterocycles. The summed E-state index contributed by atoms with van der Waals surface area (Å²) in [6.45, 7) is 2.40. The molecule has 5 nitrogen and oxygen atoms in total. The fourth-order valence-electron chi connectivity index (χ4n) is 3.60. The summed E-state index contributed by atoms with van der Waals surface area (Å²) >= 11 is 6.17. The molecule has 1 amide bonds. The molecule has 2 aromatic carbocycles. The lowest BCUT2D eigenvalue weighted by Gasteiger charge is -2.25. The van der Waals surface area contributed by atoms with Crippen molar-refractivity contribution in [2.24, 2.45) is 0 Å². The van der Waals surface area contributed by atoms with E-state index in [1.54, 1.807) is 12.1 Å². The van der Waals surface area contributed by atoms with Crippen LogP contribution in [0.4, 0.5) is 4.39 Å². The van der Waals surface area contributed by atoms with E-state index in [1.165, 1.54) is 42.3 Å². The number of rotatable bonds is 7. The number of hydrogen-bond acceptors (Lipinski definition) is 4. The van der Waals surface area contributed by atoms with Crippen molar-refractivity contribution in [3.8, 4) is 5.75 Å². The number of hydrogen-bond donors (Lipinski definition) is 1. The molecule has 1 aliphatic heterocycles. The molecule has 158 valence electrons. The van der Waals surface area contributed by atoms with Gasteiger partial charge >= 0.3 is 0 Å². The summed E-state index contributed by atoms with van der Waals surface area (Å²) in [6.07, 6.45) is 2.57. The summed E-state index contributed by atoms with van der Waals surface area (Å²) in [6, 6.07) is 9.39. The second-order valence-corrected chi connectivity index (χ2v) is 7.51. The standard InChI is InChI=1S/C23H23ClFNO4/c1-3-4-5-12-26-20(14-6-9-16(25)10-7-14)19(22(28)23(26)29)21(27)15-8-11-18(30-2)17(24)13-15/h6-11,13,20,27H,3-5,12H2,1-2H3/b21-19-. The predicted molar refractivity (Wildman–Crippen MR) is 113 cm³/mol. The van der Waals surface area contributed by atoms with E-state index in [9.17, 15) is 19.1 Å². The minimum Gasteiger partial charge on any atom is -0.507 e. The Morgan fingerprint density at radius 3 is 2.47 bits per heavy atom. The Morgan fingerprint density at radius 1 is 1.17 bits per heavy atom. The fourth-order valence-corrected chi connectivity index (χ4v) is 3.86. The first-order chi connectivity index (χ1) is 14.4. The molecule has 3 rings (SSSR count). The van der Waals surface area contributed by atoms with Crippen LogP contribution in [0.5, 0.6) is 5.75 Å². The number of likely N-dealkylation sites (tertiary alicyclic amines) is 1. The lowest BCUT2D eigenvalue weighted by molar-refractivity contribution is -0.139. The lowest BCUT2D eigenvalue weighted by atomic mass is 9.95. The third kappa shape index (κ3) is 4.19. The molecule has 0 radical (unpaired) electrons. The van der Waals surface area contributed by atoms with Gasteiger partial charge in [-0.2, -0.15) is 0 Å². The first-order valence-electron chi connectivity index (χ1n) is 9.76. The van der Waals surface area contributed by atoms with Gasteiger partial charge in [-0.1, -0.05) is 43.5 Å². The summed E-state index contributed by atoms with van der Waals surface area (Å²) < 4.78 is 18.6. The lowest BCUT2D eigenvalue weighted by Crippen LogP contribution is -2.30. The van der Waals surface area contributed by atoms with Crippen molar-refractivity contribution in [3.63, 3.8) is 0 Å². The quantitative estimate of drug-likeness (QED) is 0.286. The maximum atomic E-state index is 13.5. The van der Waals surface area contributed by atoms with Gasteiger partial charge in [0.1, 0.15) is 17.3 Å². The van der Waals surface area contributed by atoms with Gasteiger partial charge in [-0.05, 0) is 42.3 Å². The average Bonchev–Trinajstić information content (AvgIpc) is 2.99. The SMILES string of the molecule is CCCCCN1C(=O)C(=O)/C(=C(\O)c2ccc(OC)c(Cl)c2)C1c1ccc(F)cc1. The average molecular weight is 432 g/mol. The van der Waals surface area contributed by atoms with E-state index in [-0.39, 0.29) is 16.4 Å². The number of methoxy groups -OCH3 is 1. The van der Waals surface area contributed by atoms with Gasteiger partial charge in [0.2, 0.25) is 0 Å². The van der Waals surface area contributed by atoms with E-state index in [1.807, 2.05) is 6.92 Å². The van der Waals surface area contributed by atoms with Crippen molar-refractivity contribution in [2.75, 3.05) is 13.7 Å². The first-order valence-corrected chi connectivity index (χ1v) is 10.1. The molecular formula is C23H23ClFNO4. The summed E-state index contributed by atoms with van der Waals surface area (Å²) in [5.41, 5.74) is 0.803. The van der Waals surface area contributed by atoms with E-state index in [4.69, 9.17) is 16.3 Å². The molecule has 30 heavy (non-hydrogen) atoms. The number of Topliss-reactive ketones (excluding diaryl/α,β-unsaturated/α-hetero) is 1. The molecule has 1 atom stereocenters. The molecule has 7 heteroatoms. The number of carbonyl (C=O) groups excluding carboxylic acids is 2. The van der Waals surface area contributed by atoms with Gasteiger partial charge in [-0.15, -0.1) is 0 Å². The zero-order valence-electron chi connectivity index (χ0n) is 16.8. The minimum absolute atomic E-state index is 0.0376. The number of halogens is 2. The van der Waals surface area contributed by atoms with Crippen LogP contribution in [0, 0.1) is 5.82 Å². The highest BCUT2D eigenvalue weighted by molar-refractivity contribution is 6.46. The number of unbranched alkanes of at least 4 members (excludes halogenated alkanes) is 2. The van der Waals surface area contributed by atoms with E-state index in [2.05, 4.69) is 0 Å². The molecule has 1 N–H and O–H groups in total. The van der Waals surface area contributed by atoms with Crippen molar-refractivity contribution in [1.29, 1.82) is 0 Å². The molecule has 1 fully saturated rings. The number of ether oxygens (including phenoxy) is 1. The number of aliphatic hydroxyl groups excluding tert-OH is 1. The van der Waals surface area contributed by atoms with Gasteiger partial charge in [0, 0.05) is 12.1 Å². The molecule has 0 spiro atoms. The monoisotopic (exact) mass is 431 g/mol. The van der Waals surface area contributed by atoms with Gasteiger partial charge in [0.05, 0.1) is 23.7 Å². The summed E-state index contributed by atoms with van der Waals surface area (Å²) in [5, 5.41) is 11.2. The normalized spacial score (nSPS) is 18.1. The van der Waals surface area contributed by atoms with Gasteiger partial charge in [-0.25, -0.2) is 4.39 Å². The largest absolute Gasteiger partial charge is 0.507 e. The zero-order valence-corrected chi connectivity index (χ0v) is 17.6. The number of benzene rings is 2. The molecule has 2 aromatic rings. The smallest absolute Gasteiger partial charge is 0.295 e. The van der Waals surface area contributed by atoms with Crippen LogP contribution in [-0.2, 0) is 9.59 Å². The van der Waals surface area contributed by atoms with Crippen molar-refractivity contribution >= 4 is 29.1 Å². The van der Waals surface area contributed by atoms with E-state index < -0.39 is 23.5 Å². The van der Waals surface area contributed by atoms with E-state index in [0.29, 0.717) is 23.4 Å². The summed E-state index contributed by atoms with van der Waals surface area (Å²) in [4.78, 5) is 27.1. The number of carbonyl (C=O) groups is 2. The molecule has 0 aromatic heterocycles. The van der Waals surface area contributed by atoms with Gasteiger partial charge in [0.25, 0.3) is 11.7 Å². The van der Waals surface area contributed by atoms with Crippen LogP contribution in [0.3, 0.4) is 0 Å². The Labute approximate surface area is 179 Å². The van der Waals surface area contributed by atoms with Crippen LogP contribution < -0.4 is 4.74 Å². The number of nitrogens with zero attached hydrogens (tertiary/aromatic N) is 1. The molecular weight excluding hydrogens is 409 g/mol. The number of ketones is 1. The van der Waals surface area contributed by atoms with Gasteiger partial charge < -0.3 is 14.7 Å². The third-order valence-electron chi connectivity index (χ3n) is 5.15. The second kappa shape index (κ2) is 9.30. The highest BCUT2D eigenvalue weighted by atomic mass is 35.5. The highest BCUT2D eigenvalue weighted by Crippen LogP contribution is 2.40. The van der Waals surface area contributed by atoms with Crippen LogP contribution in [0.2, 0.25) is 5.02 Å². The van der Waals surface area contributed by atoms with Crippen LogP contribution >= 0.6 is 11.6 Å². The maximum absolute atomic E-state index is 13.5. The molecule has 1 unspecified atom stereocenters. The number of aliphatic hydroxyl groups is 1. The van der Waals surface area contributed by atoms with Crippen molar-refractivity contribution in [3.05, 3.63) is 70.0 Å². The van der Waals surface area contributed by atoms with Gasteiger partial charge in [-0.3, -0.25) is 9.59 Å². The van der Waals surface area contributed by atoms with Crippen LogP contribution in [0.15, 0.2) is 48.0 Å².